The summed E-state index contributed by atoms with van der Waals surface area (Å²) in [7, 11) is 0. The normalized spacial score (nSPS) is 16.0. The number of ether oxygens (including phenoxy) is 2. The van der Waals surface area contributed by atoms with Crippen LogP contribution in [0, 0.1) is 5.92 Å². The molecule has 0 saturated heterocycles. The number of fused-ring (bicyclic) bond motifs is 1. The minimum atomic E-state index is -0.443. The lowest BCUT2D eigenvalue weighted by Crippen LogP contribution is -2.22. The highest BCUT2D eigenvalue weighted by atomic mass is 32.1. The number of amides is 1. The maximum absolute atomic E-state index is 12.4. The minimum Gasteiger partial charge on any atom is -0.462 e. The van der Waals surface area contributed by atoms with Crippen LogP contribution in [0.3, 0.4) is 0 Å². The van der Waals surface area contributed by atoms with Gasteiger partial charge in [-0.25, -0.2) is 4.79 Å². The van der Waals surface area contributed by atoms with E-state index in [2.05, 4.69) is 12.2 Å². The molecular weight excluding hydrogens is 342 g/mol. The Kier molecular flexibility index (Phi) is 6.99. The van der Waals surface area contributed by atoms with E-state index in [-0.39, 0.29) is 19.6 Å². The van der Waals surface area contributed by atoms with E-state index in [1.165, 1.54) is 11.3 Å². The Morgan fingerprint density at radius 2 is 2.00 bits per heavy atom. The Morgan fingerprint density at radius 3 is 2.68 bits per heavy atom. The Labute approximate surface area is 151 Å². The molecule has 0 unspecified atom stereocenters. The van der Waals surface area contributed by atoms with Crippen LogP contribution in [0.1, 0.15) is 60.8 Å². The molecule has 1 atom stereocenters. The van der Waals surface area contributed by atoms with Crippen LogP contribution in [0.4, 0.5) is 5.00 Å². The predicted molar refractivity (Wildman–Crippen MR) is 96.0 cm³/mol. The van der Waals surface area contributed by atoms with Crippen LogP contribution in [0.5, 0.6) is 0 Å². The number of hydrogen-bond donors (Lipinski definition) is 1. The van der Waals surface area contributed by atoms with Gasteiger partial charge in [0.25, 0.3) is 5.91 Å². The van der Waals surface area contributed by atoms with E-state index in [0.717, 1.165) is 29.7 Å². The summed E-state index contributed by atoms with van der Waals surface area (Å²) in [6, 6.07) is 0. The van der Waals surface area contributed by atoms with E-state index >= 15 is 0 Å². The lowest BCUT2D eigenvalue weighted by atomic mass is 9.88. The zero-order valence-electron chi connectivity index (χ0n) is 15.0. The first kappa shape index (κ1) is 19.4. The summed E-state index contributed by atoms with van der Waals surface area (Å²) in [4.78, 5) is 37.0. The summed E-state index contributed by atoms with van der Waals surface area (Å²) in [5.41, 5.74) is 1.45. The molecule has 1 aliphatic carbocycles. The van der Waals surface area contributed by atoms with Gasteiger partial charge in [0, 0.05) is 11.3 Å². The Balaban J connectivity index is 2.14. The number of rotatable bonds is 7. The van der Waals surface area contributed by atoms with Crippen molar-refractivity contribution in [1.29, 1.82) is 0 Å². The largest absolute Gasteiger partial charge is 0.462 e. The molecule has 1 amide bonds. The van der Waals surface area contributed by atoms with Crippen LogP contribution in [-0.4, -0.2) is 31.1 Å². The minimum absolute atomic E-state index is 0.280. The molecule has 6 nitrogen and oxygen atoms in total. The van der Waals surface area contributed by atoms with Gasteiger partial charge in [-0.3, -0.25) is 9.59 Å². The smallest absolute Gasteiger partial charge is 0.341 e. The highest BCUT2D eigenvalue weighted by Gasteiger charge is 2.29. The Morgan fingerprint density at radius 1 is 1.24 bits per heavy atom. The maximum atomic E-state index is 12.4. The van der Waals surface area contributed by atoms with Crippen LogP contribution in [0.25, 0.3) is 0 Å². The lowest BCUT2D eigenvalue weighted by Gasteiger charge is -2.18. The molecule has 25 heavy (non-hydrogen) atoms. The molecule has 0 aromatic carbocycles. The monoisotopic (exact) mass is 367 g/mol. The third kappa shape index (κ3) is 5.04. The van der Waals surface area contributed by atoms with Gasteiger partial charge >= 0.3 is 11.9 Å². The van der Waals surface area contributed by atoms with Crippen molar-refractivity contribution in [2.45, 2.75) is 52.9 Å². The molecule has 1 aliphatic rings. The van der Waals surface area contributed by atoms with E-state index in [0.29, 0.717) is 22.9 Å². The summed E-state index contributed by atoms with van der Waals surface area (Å²) in [6.45, 7) is 5.73. The predicted octanol–water partition coefficient (Wildman–Crippen LogP) is 3.33. The zero-order chi connectivity index (χ0) is 18.4. The van der Waals surface area contributed by atoms with Crippen LogP contribution in [0.15, 0.2) is 0 Å². The highest BCUT2D eigenvalue weighted by molar-refractivity contribution is 7.17. The van der Waals surface area contributed by atoms with E-state index in [4.69, 9.17) is 9.47 Å². The van der Waals surface area contributed by atoms with Crippen LogP contribution >= 0.6 is 11.3 Å². The van der Waals surface area contributed by atoms with Gasteiger partial charge in [-0.2, -0.15) is 0 Å². The number of hydrogen-bond acceptors (Lipinski definition) is 6. The van der Waals surface area contributed by atoms with Crippen molar-refractivity contribution < 1.29 is 23.9 Å². The topological polar surface area (TPSA) is 81.7 Å². The second-order valence-corrected chi connectivity index (χ2v) is 7.34. The quantitative estimate of drug-likeness (QED) is 0.748. The number of anilines is 1. The average Bonchev–Trinajstić information content (AvgIpc) is 2.90. The summed E-state index contributed by atoms with van der Waals surface area (Å²) in [6.07, 6.45) is 3.67. The van der Waals surface area contributed by atoms with Crippen LogP contribution < -0.4 is 5.32 Å². The molecule has 138 valence electrons. The summed E-state index contributed by atoms with van der Waals surface area (Å²) in [5.74, 6) is -0.697. The van der Waals surface area contributed by atoms with Gasteiger partial charge in [0.1, 0.15) is 5.00 Å². The Bertz CT molecular complexity index is 652. The maximum Gasteiger partial charge on any atom is 0.341 e. The number of esters is 2. The molecule has 0 bridgehead atoms. The van der Waals surface area contributed by atoms with Crippen molar-refractivity contribution in [3.8, 4) is 0 Å². The first-order valence-electron chi connectivity index (χ1n) is 8.73. The van der Waals surface area contributed by atoms with Gasteiger partial charge in [0.05, 0.1) is 12.2 Å². The molecule has 7 heteroatoms. The molecule has 0 saturated carbocycles. The zero-order valence-corrected chi connectivity index (χ0v) is 15.8. The molecule has 0 aliphatic heterocycles. The van der Waals surface area contributed by atoms with Gasteiger partial charge < -0.3 is 14.8 Å². The van der Waals surface area contributed by atoms with Crippen molar-refractivity contribution in [2.24, 2.45) is 5.92 Å². The van der Waals surface area contributed by atoms with Crippen LogP contribution in [-0.2, 0) is 31.9 Å². The van der Waals surface area contributed by atoms with Crippen molar-refractivity contribution in [1.82, 2.24) is 0 Å². The number of thiophene rings is 1. The number of carbonyl (C=O) groups excluding carboxylic acids is 3. The second-order valence-electron chi connectivity index (χ2n) is 6.24. The van der Waals surface area contributed by atoms with E-state index < -0.39 is 17.8 Å². The summed E-state index contributed by atoms with van der Waals surface area (Å²) < 4.78 is 10.1. The first-order valence-corrected chi connectivity index (χ1v) is 9.54. The molecule has 2 rings (SSSR count). The average molecular weight is 367 g/mol. The molecular formula is C18H25NO5S. The van der Waals surface area contributed by atoms with E-state index in [1.54, 1.807) is 6.92 Å². The SMILES string of the molecule is CCCC(=O)OCC(=O)Nc1sc2c(c1C(=O)OCC)CC[C@H](C)C2. The van der Waals surface area contributed by atoms with Crippen molar-refractivity contribution in [3.63, 3.8) is 0 Å². The van der Waals surface area contributed by atoms with Gasteiger partial charge in [-0.05, 0) is 44.1 Å². The lowest BCUT2D eigenvalue weighted by molar-refractivity contribution is -0.147. The molecule has 1 heterocycles. The molecule has 1 aromatic rings. The first-order chi connectivity index (χ1) is 12.0. The number of carbonyl (C=O) groups is 3. The summed E-state index contributed by atoms with van der Waals surface area (Å²) in [5, 5.41) is 3.22. The number of nitrogens with one attached hydrogen (secondary N) is 1. The molecule has 0 fully saturated rings. The Hall–Kier alpha value is -1.89. The van der Waals surface area contributed by atoms with Crippen molar-refractivity contribution in [3.05, 3.63) is 16.0 Å². The van der Waals surface area contributed by atoms with Gasteiger partial charge in [0.2, 0.25) is 0 Å². The standard InChI is InChI=1S/C18H25NO5S/c1-4-6-15(21)24-10-14(20)19-17-16(18(22)23-5-2)12-8-7-11(3)9-13(12)25-17/h11H,4-10H2,1-3H3,(H,19,20)/t11-/m0/s1. The molecule has 0 spiro atoms. The third-order valence-corrected chi connectivity index (χ3v) is 5.23. The molecule has 0 radical (unpaired) electrons. The summed E-state index contributed by atoms with van der Waals surface area (Å²) >= 11 is 1.42. The van der Waals surface area contributed by atoms with Gasteiger partial charge in [0.15, 0.2) is 6.61 Å². The van der Waals surface area contributed by atoms with Gasteiger partial charge in [-0.1, -0.05) is 13.8 Å². The second kappa shape index (κ2) is 8.99. The van der Waals surface area contributed by atoms with Crippen molar-refractivity contribution >= 4 is 34.2 Å². The third-order valence-electron chi connectivity index (χ3n) is 4.06. The fourth-order valence-electron chi connectivity index (χ4n) is 2.84. The van der Waals surface area contributed by atoms with E-state index in [9.17, 15) is 14.4 Å². The van der Waals surface area contributed by atoms with Crippen molar-refractivity contribution in [2.75, 3.05) is 18.5 Å². The fourth-order valence-corrected chi connectivity index (χ4v) is 4.26. The fraction of sp³-hybridized carbons (Fsp3) is 0.611. The van der Waals surface area contributed by atoms with Crippen LogP contribution in [0.2, 0.25) is 0 Å². The van der Waals surface area contributed by atoms with Gasteiger partial charge in [-0.15, -0.1) is 11.3 Å². The highest BCUT2D eigenvalue weighted by Crippen LogP contribution is 2.40. The molecule has 1 aromatic heterocycles. The molecule has 1 N–H and O–H groups in total. The van der Waals surface area contributed by atoms with E-state index in [1.807, 2.05) is 6.92 Å².